The van der Waals surface area contributed by atoms with Crippen molar-refractivity contribution in [3.8, 4) is 0 Å². The molecule has 1 saturated carbocycles. The summed E-state index contributed by atoms with van der Waals surface area (Å²) in [6.45, 7) is 2.80. The topological polar surface area (TPSA) is 46.3 Å². The Hall–Kier alpha value is -1.35. The summed E-state index contributed by atoms with van der Waals surface area (Å²) in [6.07, 6.45) is 5.67. The summed E-state index contributed by atoms with van der Waals surface area (Å²) in [4.78, 5) is 14.5. The third-order valence-corrected chi connectivity index (χ3v) is 4.60. The van der Waals surface area contributed by atoms with Gasteiger partial charge < -0.3 is 10.6 Å². The maximum Gasteiger partial charge on any atom is 0.253 e. The number of benzene rings is 1. The fraction of sp³-hybridized carbons (Fsp3) is 0.588. The number of rotatable bonds is 4. The zero-order chi connectivity index (χ0) is 14.5. The molecule has 2 N–H and O–H groups in total. The quantitative estimate of drug-likeness (QED) is 0.917. The van der Waals surface area contributed by atoms with Crippen LogP contribution in [-0.2, 0) is 6.42 Å². The molecule has 1 aliphatic carbocycles. The lowest BCUT2D eigenvalue weighted by atomic mass is 9.83. The van der Waals surface area contributed by atoms with E-state index in [0.717, 1.165) is 24.8 Å². The van der Waals surface area contributed by atoms with Crippen molar-refractivity contribution >= 4 is 5.91 Å². The molecule has 1 aromatic rings. The average molecular weight is 274 g/mol. The van der Waals surface area contributed by atoms with E-state index in [-0.39, 0.29) is 5.91 Å². The highest BCUT2D eigenvalue weighted by molar-refractivity contribution is 5.94. The molecule has 0 radical (unpaired) electrons. The molecule has 0 saturated heterocycles. The lowest BCUT2D eigenvalue weighted by Gasteiger charge is -2.37. The fourth-order valence-corrected chi connectivity index (χ4v) is 3.21. The molecule has 20 heavy (non-hydrogen) atoms. The van der Waals surface area contributed by atoms with Crippen molar-refractivity contribution < 1.29 is 4.79 Å². The monoisotopic (exact) mass is 274 g/mol. The molecule has 1 fully saturated rings. The third kappa shape index (κ3) is 3.21. The highest BCUT2D eigenvalue weighted by atomic mass is 16.2. The molecule has 0 heterocycles. The smallest absolute Gasteiger partial charge is 0.253 e. The molecular weight excluding hydrogens is 248 g/mol. The number of amides is 1. The van der Waals surface area contributed by atoms with Gasteiger partial charge in [0.05, 0.1) is 0 Å². The molecule has 2 atom stereocenters. The highest BCUT2D eigenvalue weighted by Crippen LogP contribution is 2.28. The van der Waals surface area contributed by atoms with Crippen LogP contribution in [0.15, 0.2) is 24.3 Å². The summed E-state index contributed by atoms with van der Waals surface area (Å²) < 4.78 is 0. The predicted octanol–water partition coefficient (Wildman–Crippen LogP) is 2.84. The maximum atomic E-state index is 12.6. The van der Waals surface area contributed by atoms with E-state index < -0.39 is 0 Å². The summed E-state index contributed by atoms with van der Waals surface area (Å²) in [6, 6.07) is 8.27. The van der Waals surface area contributed by atoms with E-state index in [0.29, 0.717) is 18.5 Å². The minimum Gasteiger partial charge on any atom is -0.338 e. The van der Waals surface area contributed by atoms with Crippen molar-refractivity contribution in [3.05, 3.63) is 35.4 Å². The molecule has 2 unspecified atom stereocenters. The van der Waals surface area contributed by atoms with E-state index in [2.05, 4.69) is 6.92 Å². The van der Waals surface area contributed by atoms with Gasteiger partial charge in [0, 0.05) is 18.7 Å². The number of hydrogen-bond acceptors (Lipinski definition) is 2. The molecule has 3 nitrogen and oxygen atoms in total. The van der Waals surface area contributed by atoms with Crippen molar-refractivity contribution in [1.29, 1.82) is 0 Å². The Morgan fingerprint density at radius 3 is 2.50 bits per heavy atom. The van der Waals surface area contributed by atoms with Crippen molar-refractivity contribution in [1.82, 2.24) is 4.90 Å². The minimum absolute atomic E-state index is 0.123. The molecule has 1 aliphatic rings. The van der Waals surface area contributed by atoms with Crippen molar-refractivity contribution in [3.63, 3.8) is 0 Å². The molecular formula is C17H26N2O. The van der Waals surface area contributed by atoms with Crippen molar-refractivity contribution in [2.24, 2.45) is 11.7 Å². The standard InChI is InChI=1S/C17H26N2O/c1-3-13-8-10-14(11-9-13)17(20)19(2)16-7-5-4-6-15(16)12-18/h8-11,15-16H,3-7,12,18H2,1-2H3. The Labute approximate surface area is 122 Å². The zero-order valence-electron chi connectivity index (χ0n) is 12.6. The first-order chi connectivity index (χ1) is 9.67. The molecule has 0 aliphatic heterocycles. The molecule has 1 amide bonds. The lowest BCUT2D eigenvalue weighted by molar-refractivity contribution is 0.0620. The van der Waals surface area contributed by atoms with E-state index in [1.165, 1.54) is 18.4 Å². The Bertz CT molecular complexity index is 441. The number of aryl methyl sites for hydroxylation is 1. The van der Waals surface area contributed by atoms with E-state index in [1.54, 1.807) is 0 Å². The predicted molar refractivity (Wildman–Crippen MR) is 82.7 cm³/mol. The minimum atomic E-state index is 0.123. The van der Waals surface area contributed by atoms with Crippen LogP contribution >= 0.6 is 0 Å². The molecule has 0 aromatic heterocycles. The average Bonchev–Trinajstić information content (AvgIpc) is 2.53. The van der Waals surface area contributed by atoms with Crippen LogP contribution in [0, 0.1) is 5.92 Å². The first kappa shape index (κ1) is 15.0. The second-order valence-corrected chi connectivity index (χ2v) is 5.81. The van der Waals surface area contributed by atoms with Gasteiger partial charge in [-0.1, -0.05) is 31.9 Å². The van der Waals surface area contributed by atoms with Crippen LogP contribution in [0.1, 0.15) is 48.5 Å². The third-order valence-electron chi connectivity index (χ3n) is 4.60. The van der Waals surface area contributed by atoms with Gasteiger partial charge >= 0.3 is 0 Å². The SMILES string of the molecule is CCc1ccc(C(=O)N(C)C2CCCCC2CN)cc1. The largest absolute Gasteiger partial charge is 0.338 e. The zero-order valence-corrected chi connectivity index (χ0v) is 12.6. The van der Waals surface area contributed by atoms with Gasteiger partial charge in [0.15, 0.2) is 0 Å². The van der Waals surface area contributed by atoms with Gasteiger partial charge in [-0.15, -0.1) is 0 Å². The van der Waals surface area contributed by atoms with Crippen LogP contribution in [0.5, 0.6) is 0 Å². The summed E-state index contributed by atoms with van der Waals surface area (Å²) in [5.74, 6) is 0.575. The lowest BCUT2D eigenvalue weighted by Crippen LogP contribution is -2.45. The second kappa shape index (κ2) is 6.89. The van der Waals surface area contributed by atoms with Gasteiger partial charge in [-0.3, -0.25) is 4.79 Å². The normalized spacial score (nSPS) is 22.6. The Morgan fingerprint density at radius 2 is 1.90 bits per heavy atom. The maximum absolute atomic E-state index is 12.6. The van der Waals surface area contributed by atoms with E-state index in [4.69, 9.17) is 5.73 Å². The summed E-state index contributed by atoms with van der Waals surface area (Å²) in [7, 11) is 1.93. The van der Waals surface area contributed by atoms with Crippen LogP contribution in [0.2, 0.25) is 0 Å². The van der Waals surface area contributed by atoms with Gasteiger partial charge in [-0.25, -0.2) is 0 Å². The number of nitrogens with zero attached hydrogens (tertiary/aromatic N) is 1. The molecule has 0 spiro atoms. The fourth-order valence-electron chi connectivity index (χ4n) is 3.21. The molecule has 3 heteroatoms. The van der Waals surface area contributed by atoms with Crippen LogP contribution in [0.3, 0.4) is 0 Å². The first-order valence-corrected chi connectivity index (χ1v) is 7.73. The number of carbonyl (C=O) groups is 1. The van der Waals surface area contributed by atoms with Crippen molar-refractivity contribution in [2.75, 3.05) is 13.6 Å². The number of hydrogen-bond donors (Lipinski definition) is 1. The van der Waals surface area contributed by atoms with E-state index in [9.17, 15) is 4.79 Å². The Morgan fingerprint density at radius 1 is 1.25 bits per heavy atom. The van der Waals surface area contributed by atoms with Gasteiger partial charge in [0.25, 0.3) is 5.91 Å². The molecule has 2 rings (SSSR count). The van der Waals surface area contributed by atoms with Crippen LogP contribution in [0.4, 0.5) is 0 Å². The summed E-state index contributed by atoms with van der Waals surface area (Å²) >= 11 is 0. The number of nitrogens with two attached hydrogens (primary N) is 1. The molecule has 110 valence electrons. The first-order valence-electron chi connectivity index (χ1n) is 7.73. The van der Waals surface area contributed by atoms with E-state index in [1.807, 2.05) is 36.2 Å². The summed E-state index contributed by atoms with van der Waals surface area (Å²) in [5, 5.41) is 0. The molecule has 1 aromatic carbocycles. The highest BCUT2D eigenvalue weighted by Gasteiger charge is 2.30. The van der Waals surface area contributed by atoms with Crippen LogP contribution in [-0.4, -0.2) is 30.4 Å². The van der Waals surface area contributed by atoms with Crippen molar-refractivity contribution in [2.45, 2.75) is 45.1 Å². The van der Waals surface area contributed by atoms with Gasteiger partial charge in [0.1, 0.15) is 0 Å². The second-order valence-electron chi connectivity index (χ2n) is 5.81. The van der Waals surface area contributed by atoms with Gasteiger partial charge in [-0.05, 0) is 49.4 Å². The molecule has 0 bridgehead atoms. The number of carbonyl (C=O) groups excluding carboxylic acids is 1. The van der Waals surface area contributed by atoms with Crippen LogP contribution in [0.25, 0.3) is 0 Å². The van der Waals surface area contributed by atoms with Crippen LogP contribution < -0.4 is 5.73 Å². The van der Waals surface area contributed by atoms with Gasteiger partial charge in [-0.2, -0.15) is 0 Å². The van der Waals surface area contributed by atoms with E-state index >= 15 is 0 Å². The Balaban J connectivity index is 2.10. The Kier molecular flexibility index (Phi) is 5.18. The van der Waals surface area contributed by atoms with Gasteiger partial charge in [0.2, 0.25) is 0 Å². The summed E-state index contributed by atoms with van der Waals surface area (Å²) in [5.41, 5.74) is 7.92.